The van der Waals surface area contributed by atoms with Gasteiger partial charge in [-0.1, -0.05) is 6.07 Å². The quantitative estimate of drug-likeness (QED) is 0.637. The molecule has 1 aliphatic heterocycles. The molecule has 0 aromatic heterocycles. The lowest BCUT2D eigenvalue weighted by molar-refractivity contribution is 0.647. The minimum Gasteiger partial charge on any atom is -0.384 e. The number of amidine groups is 1. The molecule has 0 radical (unpaired) electrons. The van der Waals surface area contributed by atoms with E-state index in [0.29, 0.717) is 0 Å². The first-order chi connectivity index (χ1) is 8.39. The first kappa shape index (κ1) is 13.3. The van der Waals surface area contributed by atoms with Crippen LogP contribution in [0.2, 0.25) is 0 Å². The van der Waals surface area contributed by atoms with Gasteiger partial charge in [0.15, 0.2) is 0 Å². The number of aryl methyl sites for hydroxylation is 1. The lowest BCUT2D eigenvalue weighted by atomic mass is 10.1. The van der Waals surface area contributed by atoms with Crippen molar-refractivity contribution in [3.8, 4) is 0 Å². The summed E-state index contributed by atoms with van der Waals surface area (Å²) in [7, 11) is 0. The zero-order valence-electron chi connectivity index (χ0n) is 11.3. The number of thioether (sulfide) groups is 1. The smallest absolute Gasteiger partial charge is 0.124 e. The molecule has 0 bridgehead atoms. The van der Waals surface area contributed by atoms with Gasteiger partial charge in [-0.2, -0.15) is 11.8 Å². The largest absolute Gasteiger partial charge is 0.384 e. The van der Waals surface area contributed by atoms with Gasteiger partial charge in [-0.05, 0) is 38.5 Å². The second-order valence-electron chi connectivity index (χ2n) is 5.46. The van der Waals surface area contributed by atoms with Gasteiger partial charge >= 0.3 is 0 Å². The number of nitrogen functional groups attached to an aromatic ring is 1. The van der Waals surface area contributed by atoms with Gasteiger partial charge in [0.1, 0.15) is 5.84 Å². The third kappa shape index (κ3) is 2.80. The summed E-state index contributed by atoms with van der Waals surface area (Å²) < 4.78 is 0.260. The van der Waals surface area contributed by atoms with Crippen molar-refractivity contribution < 1.29 is 0 Å². The van der Waals surface area contributed by atoms with Crippen LogP contribution in [0.1, 0.15) is 25.0 Å². The Morgan fingerprint density at radius 2 is 2.17 bits per heavy atom. The number of benzene rings is 1. The van der Waals surface area contributed by atoms with Gasteiger partial charge < -0.3 is 10.6 Å². The Balaban J connectivity index is 2.37. The van der Waals surface area contributed by atoms with Crippen molar-refractivity contribution >= 4 is 23.3 Å². The van der Waals surface area contributed by atoms with E-state index in [1.807, 2.05) is 23.9 Å². The van der Waals surface area contributed by atoms with Crippen LogP contribution in [0.15, 0.2) is 18.2 Å². The first-order valence-electron chi connectivity index (χ1n) is 6.23. The Bertz CT molecular complexity index is 468. The van der Waals surface area contributed by atoms with Crippen LogP contribution in [0.4, 0.5) is 5.69 Å². The molecule has 0 aliphatic carbocycles. The molecule has 0 spiro atoms. The van der Waals surface area contributed by atoms with Crippen molar-refractivity contribution in [1.82, 2.24) is 0 Å². The Kier molecular flexibility index (Phi) is 3.57. The third-order valence-corrected chi connectivity index (χ3v) is 4.51. The van der Waals surface area contributed by atoms with Gasteiger partial charge in [-0.3, -0.25) is 5.41 Å². The molecule has 18 heavy (non-hydrogen) atoms. The number of anilines is 1. The molecule has 1 saturated heterocycles. The van der Waals surface area contributed by atoms with Crippen LogP contribution in [0.5, 0.6) is 0 Å². The molecule has 1 heterocycles. The monoisotopic (exact) mass is 263 g/mol. The summed E-state index contributed by atoms with van der Waals surface area (Å²) in [6.07, 6.45) is 0. The van der Waals surface area contributed by atoms with Crippen LogP contribution < -0.4 is 10.6 Å². The molecule has 4 heteroatoms. The standard InChI is InChI=1S/C14H21N3S/c1-10-4-5-11(13(15)16)12(8-10)17-6-7-18-14(2,3)9-17/h4-5,8H,6-7,9H2,1-3H3,(H3,15,16). The summed E-state index contributed by atoms with van der Waals surface area (Å²) in [5.74, 6) is 1.28. The second-order valence-corrected chi connectivity index (χ2v) is 7.27. The average Bonchev–Trinajstić information content (AvgIpc) is 2.27. The van der Waals surface area contributed by atoms with Gasteiger partial charge in [0, 0.05) is 34.8 Å². The number of nitrogens with one attached hydrogen (secondary N) is 1. The highest BCUT2D eigenvalue weighted by Gasteiger charge is 2.28. The summed E-state index contributed by atoms with van der Waals surface area (Å²) in [6, 6.07) is 6.12. The fourth-order valence-corrected chi connectivity index (χ4v) is 3.46. The van der Waals surface area contributed by atoms with Crippen molar-refractivity contribution in [2.75, 3.05) is 23.7 Å². The van der Waals surface area contributed by atoms with Crippen molar-refractivity contribution in [1.29, 1.82) is 5.41 Å². The zero-order valence-corrected chi connectivity index (χ0v) is 12.1. The third-order valence-electron chi connectivity index (χ3n) is 3.21. The van der Waals surface area contributed by atoms with Crippen LogP contribution in [0.25, 0.3) is 0 Å². The maximum absolute atomic E-state index is 7.71. The normalized spacial score (nSPS) is 18.7. The second kappa shape index (κ2) is 4.84. The number of rotatable bonds is 2. The average molecular weight is 263 g/mol. The number of hydrogen-bond acceptors (Lipinski definition) is 3. The summed E-state index contributed by atoms with van der Waals surface area (Å²) in [6.45, 7) is 8.65. The van der Waals surface area contributed by atoms with Gasteiger partial charge in [-0.15, -0.1) is 0 Å². The molecule has 0 atom stereocenters. The fraction of sp³-hybridized carbons (Fsp3) is 0.500. The number of nitrogens with zero attached hydrogens (tertiary/aromatic N) is 1. The molecular formula is C14H21N3S. The highest BCUT2D eigenvalue weighted by molar-refractivity contribution is 8.00. The molecule has 3 nitrogen and oxygen atoms in total. The Hall–Kier alpha value is -1.16. The van der Waals surface area contributed by atoms with Crippen LogP contribution in [-0.4, -0.2) is 29.4 Å². The van der Waals surface area contributed by atoms with E-state index in [4.69, 9.17) is 11.1 Å². The Morgan fingerprint density at radius 3 is 2.78 bits per heavy atom. The Labute approximate surface area is 113 Å². The van der Waals surface area contributed by atoms with Gasteiger partial charge in [0.05, 0.1) is 0 Å². The summed E-state index contributed by atoms with van der Waals surface area (Å²) >= 11 is 2.01. The van der Waals surface area contributed by atoms with Crippen molar-refractivity contribution in [3.05, 3.63) is 29.3 Å². The van der Waals surface area contributed by atoms with E-state index < -0.39 is 0 Å². The molecule has 0 amide bonds. The van der Waals surface area contributed by atoms with E-state index in [1.54, 1.807) is 0 Å². The minimum atomic E-state index is 0.154. The van der Waals surface area contributed by atoms with E-state index in [2.05, 4.69) is 31.7 Å². The number of nitrogens with two attached hydrogens (primary N) is 1. The van der Waals surface area contributed by atoms with E-state index in [1.165, 1.54) is 5.56 Å². The lowest BCUT2D eigenvalue weighted by Crippen LogP contribution is -2.43. The maximum atomic E-state index is 7.71. The van der Waals surface area contributed by atoms with Crippen molar-refractivity contribution in [2.24, 2.45) is 5.73 Å². The van der Waals surface area contributed by atoms with Gasteiger partial charge in [0.25, 0.3) is 0 Å². The van der Waals surface area contributed by atoms with E-state index in [9.17, 15) is 0 Å². The molecule has 98 valence electrons. The number of hydrogen-bond donors (Lipinski definition) is 2. The van der Waals surface area contributed by atoms with Crippen LogP contribution in [0, 0.1) is 12.3 Å². The summed E-state index contributed by atoms with van der Waals surface area (Å²) in [5.41, 5.74) is 8.86. The molecule has 3 N–H and O–H groups in total. The van der Waals surface area contributed by atoms with Gasteiger partial charge in [-0.25, -0.2) is 0 Å². The molecular weight excluding hydrogens is 242 g/mol. The topological polar surface area (TPSA) is 53.1 Å². The van der Waals surface area contributed by atoms with E-state index in [-0.39, 0.29) is 10.6 Å². The Morgan fingerprint density at radius 1 is 1.44 bits per heavy atom. The predicted molar refractivity (Wildman–Crippen MR) is 80.9 cm³/mol. The highest BCUT2D eigenvalue weighted by Crippen LogP contribution is 2.33. The molecule has 0 saturated carbocycles. The highest BCUT2D eigenvalue weighted by atomic mass is 32.2. The molecule has 1 aromatic rings. The minimum absolute atomic E-state index is 0.154. The molecule has 1 aromatic carbocycles. The van der Waals surface area contributed by atoms with E-state index in [0.717, 1.165) is 30.1 Å². The SMILES string of the molecule is Cc1ccc(C(=N)N)c(N2CCSC(C)(C)C2)c1. The van der Waals surface area contributed by atoms with Crippen molar-refractivity contribution in [2.45, 2.75) is 25.5 Å². The first-order valence-corrected chi connectivity index (χ1v) is 7.21. The van der Waals surface area contributed by atoms with Crippen LogP contribution in [0.3, 0.4) is 0 Å². The predicted octanol–water partition coefficient (Wildman–Crippen LogP) is 2.61. The molecule has 1 aliphatic rings. The zero-order chi connectivity index (χ0) is 13.3. The maximum Gasteiger partial charge on any atom is 0.124 e. The van der Waals surface area contributed by atoms with Crippen LogP contribution >= 0.6 is 11.8 Å². The van der Waals surface area contributed by atoms with Crippen molar-refractivity contribution in [3.63, 3.8) is 0 Å². The summed E-state index contributed by atoms with van der Waals surface area (Å²) in [4.78, 5) is 2.36. The van der Waals surface area contributed by atoms with Gasteiger partial charge in [0.2, 0.25) is 0 Å². The molecule has 1 fully saturated rings. The summed E-state index contributed by atoms with van der Waals surface area (Å²) in [5, 5.41) is 7.71. The fourth-order valence-electron chi connectivity index (χ4n) is 2.35. The van der Waals surface area contributed by atoms with Crippen LogP contribution in [-0.2, 0) is 0 Å². The molecule has 2 rings (SSSR count). The lowest BCUT2D eigenvalue weighted by Gasteiger charge is -2.39. The molecule has 0 unspecified atom stereocenters. The van der Waals surface area contributed by atoms with E-state index >= 15 is 0 Å².